The first-order valence-electron chi connectivity index (χ1n) is 5.75. The number of hydrogen-bond acceptors (Lipinski definition) is 4. The van der Waals surface area contributed by atoms with E-state index in [9.17, 15) is 8.42 Å². The molecule has 1 rings (SSSR count). The summed E-state index contributed by atoms with van der Waals surface area (Å²) in [5.41, 5.74) is 0.888. The fourth-order valence-corrected chi connectivity index (χ4v) is 2.43. The molecule has 0 aliphatic heterocycles. The van der Waals surface area contributed by atoms with Crippen LogP contribution in [-0.2, 0) is 26.0 Å². The normalized spacial score (nSPS) is 12.0. The van der Waals surface area contributed by atoms with E-state index in [4.69, 9.17) is 9.47 Å². The van der Waals surface area contributed by atoms with Crippen molar-refractivity contribution in [1.29, 1.82) is 0 Å². The lowest BCUT2D eigenvalue weighted by molar-refractivity contribution is -0.108. The number of ether oxygens (including phenoxy) is 2. The van der Waals surface area contributed by atoms with Gasteiger partial charge < -0.3 is 9.47 Å². The van der Waals surface area contributed by atoms with Gasteiger partial charge in [-0.05, 0) is 5.56 Å². The number of sulfonamides is 1. The Bertz CT molecular complexity index is 483. The van der Waals surface area contributed by atoms with E-state index in [0.29, 0.717) is 0 Å². The van der Waals surface area contributed by atoms with Crippen LogP contribution >= 0.6 is 0 Å². The lowest BCUT2D eigenvalue weighted by Crippen LogP contribution is -2.37. The molecule has 0 saturated heterocycles. The highest BCUT2D eigenvalue weighted by Crippen LogP contribution is 2.12. The average molecular weight is 285 g/mol. The molecule has 0 unspecified atom stereocenters. The summed E-state index contributed by atoms with van der Waals surface area (Å²) < 4.78 is 35.3. The van der Waals surface area contributed by atoms with E-state index in [1.54, 1.807) is 0 Å². The quantitative estimate of drug-likeness (QED) is 0.681. The molecule has 0 amide bonds. The lowest BCUT2D eigenvalue weighted by Gasteiger charge is -2.24. The van der Waals surface area contributed by atoms with Gasteiger partial charge in [0, 0.05) is 26.2 Å². The average Bonchev–Trinajstić information content (AvgIpc) is 2.44. The summed E-state index contributed by atoms with van der Waals surface area (Å²) in [4.78, 5) is 0. The van der Waals surface area contributed by atoms with E-state index < -0.39 is 16.3 Å². The van der Waals surface area contributed by atoms with Gasteiger partial charge in [-0.3, -0.25) is 0 Å². The Labute approximate surface area is 114 Å². The van der Waals surface area contributed by atoms with Gasteiger partial charge in [0.15, 0.2) is 6.29 Å². The second-order valence-electron chi connectivity index (χ2n) is 3.89. The first-order chi connectivity index (χ1) is 9.03. The maximum atomic E-state index is 12.0. The Kier molecular flexibility index (Phi) is 6.17. The van der Waals surface area contributed by atoms with Gasteiger partial charge >= 0.3 is 0 Å². The number of benzene rings is 1. The molecular formula is C13H19NO4S. The highest BCUT2D eigenvalue weighted by Gasteiger charge is 2.23. The smallest absolute Gasteiger partial charge is 0.236 e. The van der Waals surface area contributed by atoms with Crippen LogP contribution in [0.1, 0.15) is 5.56 Å². The SMILES string of the molecule is C=CS(=O)(=O)N(Cc1ccccc1)CC(OC)OC. The van der Waals surface area contributed by atoms with E-state index in [0.717, 1.165) is 11.0 Å². The monoisotopic (exact) mass is 285 g/mol. The van der Waals surface area contributed by atoms with Gasteiger partial charge in [-0.25, -0.2) is 8.42 Å². The molecule has 1 aromatic carbocycles. The minimum atomic E-state index is -3.54. The third kappa shape index (κ3) is 4.76. The summed E-state index contributed by atoms with van der Waals surface area (Å²) in [6, 6.07) is 9.32. The van der Waals surface area contributed by atoms with E-state index >= 15 is 0 Å². The Morgan fingerprint density at radius 3 is 2.32 bits per heavy atom. The summed E-state index contributed by atoms with van der Waals surface area (Å²) in [7, 11) is -0.601. The first-order valence-corrected chi connectivity index (χ1v) is 7.26. The predicted octanol–water partition coefficient (Wildman–Crippen LogP) is 1.58. The van der Waals surface area contributed by atoms with Crippen LogP contribution < -0.4 is 0 Å². The fourth-order valence-electron chi connectivity index (χ4n) is 1.56. The van der Waals surface area contributed by atoms with Gasteiger partial charge in [0.2, 0.25) is 10.0 Å². The van der Waals surface area contributed by atoms with Crippen molar-refractivity contribution in [3.8, 4) is 0 Å². The molecule has 0 radical (unpaired) electrons. The number of rotatable bonds is 8. The molecular weight excluding hydrogens is 266 g/mol. The van der Waals surface area contributed by atoms with Crippen LogP contribution in [0.2, 0.25) is 0 Å². The summed E-state index contributed by atoms with van der Waals surface area (Å²) in [6.07, 6.45) is -0.613. The Morgan fingerprint density at radius 2 is 1.84 bits per heavy atom. The van der Waals surface area contributed by atoms with Crippen molar-refractivity contribution in [3.05, 3.63) is 47.9 Å². The molecule has 1 aromatic rings. The van der Waals surface area contributed by atoms with Gasteiger partial charge in [-0.1, -0.05) is 36.9 Å². The zero-order valence-electron chi connectivity index (χ0n) is 11.2. The standard InChI is InChI=1S/C13H19NO4S/c1-4-19(15,16)14(11-13(17-2)18-3)10-12-8-6-5-7-9-12/h4-9,13H,1,10-11H2,2-3H3. The van der Waals surface area contributed by atoms with Crippen molar-refractivity contribution in [2.45, 2.75) is 12.8 Å². The third-order valence-electron chi connectivity index (χ3n) is 2.65. The Morgan fingerprint density at radius 1 is 1.26 bits per heavy atom. The number of methoxy groups -OCH3 is 2. The molecule has 0 bridgehead atoms. The molecule has 0 fully saturated rings. The van der Waals surface area contributed by atoms with Crippen molar-refractivity contribution in [2.75, 3.05) is 20.8 Å². The molecule has 5 nitrogen and oxygen atoms in total. The molecule has 0 spiro atoms. The minimum absolute atomic E-state index is 0.107. The Balaban J connectivity index is 2.90. The van der Waals surface area contributed by atoms with Gasteiger partial charge in [0.25, 0.3) is 0 Å². The molecule has 0 aliphatic rings. The van der Waals surface area contributed by atoms with Gasteiger partial charge in [0.1, 0.15) is 0 Å². The van der Waals surface area contributed by atoms with Crippen LogP contribution in [-0.4, -0.2) is 39.8 Å². The molecule has 0 aliphatic carbocycles. The maximum absolute atomic E-state index is 12.0. The van der Waals surface area contributed by atoms with Gasteiger partial charge in [0.05, 0.1) is 6.54 Å². The summed E-state index contributed by atoms with van der Waals surface area (Å²) in [5.74, 6) is 0. The van der Waals surface area contributed by atoms with Crippen molar-refractivity contribution in [3.63, 3.8) is 0 Å². The van der Waals surface area contributed by atoms with Crippen LogP contribution in [0.25, 0.3) is 0 Å². The van der Waals surface area contributed by atoms with Crippen molar-refractivity contribution < 1.29 is 17.9 Å². The second-order valence-corrected chi connectivity index (χ2v) is 5.77. The predicted molar refractivity (Wildman–Crippen MR) is 73.8 cm³/mol. The van der Waals surface area contributed by atoms with Crippen LogP contribution in [0.15, 0.2) is 42.3 Å². The van der Waals surface area contributed by atoms with Crippen molar-refractivity contribution >= 4 is 10.0 Å². The topological polar surface area (TPSA) is 55.8 Å². The summed E-state index contributed by atoms with van der Waals surface area (Å²) in [5, 5.41) is 0.929. The molecule has 0 atom stereocenters. The molecule has 6 heteroatoms. The molecule has 19 heavy (non-hydrogen) atoms. The number of nitrogens with zero attached hydrogens (tertiary/aromatic N) is 1. The zero-order valence-corrected chi connectivity index (χ0v) is 12.0. The van der Waals surface area contributed by atoms with Gasteiger partial charge in [-0.15, -0.1) is 0 Å². The molecule has 0 saturated carbocycles. The van der Waals surface area contributed by atoms with Crippen LogP contribution in [0.4, 0.5) is 0 Å². The highest BCUT2D eigenvalue weighted by molar-refractivity contribution is 7.91. The Hall–Kier alpha value is -1.21. The third-order valence-corrected chi connectivity index (χ3v) is 4.07. The van der Waals surface area contributed by atoms with Crippen LogP contribution in [0.3, 0.4) is 0 Å². The van der Waals surface area contributed by atoms with E-state index in [-0.39, 0.29) is 13.1 Å². The lowest BCUT2D eigenvalue weighted by atomic mass is 10.2. The molecule has 0 aromatic heterocycles. The summed E-state index contributed by atoms with van der Waals surface area (Å²) >= 11 is 0. The maximum Gasteiger partial charge on any atom is 0.236 e. The first kappa shape index (κ1) is 15.8. The molecule has 0 N–H and O–H groups in total. The van der Waals surface area contributed by atoms with Crippen LogP contribution in [0, 0.1) is 0 Å². The van der Waals surface area contributed by atoms with Crippen LogP contribution in [0.5, 0.6) is 0 Å². The number of hydrogen-bond donors (Lipinski definition) is 0. The largest absolute Gasteiger partial charge is 0.354 e. The molecule has 106 valence electrons. The zero-order chi connectivity index (χ0) is 14.3. The van der Waals surface area contributed by atoms with Crippen molar-refractivity contribution in [2.24, 2.45) is 0 Å². The molecule has 0 heterocycles. The van der Waals surface area contributed by atoms with Crippen molar-refractivity contribution in [1.82, 2.24) is 4.31 Å². The van der Waals surface area contributed by atoms with E-state index in [1.165, 1.54) is 18.5 Å². The van der Waals surface area contributed by atoms with Gasteiger partial charge in [-0.2, -0.15) is 4.31 Å². The second kappa shape index (κ2) is 7.40. The minimum Gasteiger partial charge on any atom is -0.354 e. The highest BCUT2D eigenvalue weighted by atomic mass is 32.2. The fraction of sp³-hybridized carbons (Fsp3) is 0.385. The summed E-state index contributed by atoms with van der Waals surface area (Å²) in [6.45, 7) is 3.70. The van der Waals surface area contributed by atoms with E-state index in [1.807, 2.05) is 30.3 Å². The van der Waals surface area contributed by atoms with E-state index in [2.05, 4.69) is 6.58 Å².